The highest BCUT2D eigenvalue weighted by atomic mass is 32.2. The predicted octanol–water partition coefficient (Wildman–Crippen LogP) is 1.45. The van der Waals surface area contributed by atoms with Crippen molar-refractivity contribution in [1.82, 2.24) is 14.1 Å². The first kappa shape index (κ1) is 21.5. The topological polar surface area (TPSA) is 95.1 Å². The number of amides is 3. The summed E-state index contributed by atoms with van der Waals surface area (Å²) in [6.07, 6.45) is 3.57. The average Bonchev–Trinajstić information content (AvgIpc) is 3.29. The number of rotatable bonds is 5. The minimum absolute atomic E-state index is 0.0911. The maximum atomic E-state index is 12.7. The number of hydrogen-bond donors (Lipinski definition) is 0. The molecule has 0 unspecified atom stereocenters. The molecule has 3 aliphatic rings. The van der Waals surface area contributed by atoms with Crippen LogP contribution in [0.15, 0.2) is 16.3 Å². The van der Waals surface area contributed by atoms with Gasteiger partial charge in [-0.15, -0.1) is 11.3 Å². The summed E-state index contributed by atoms with van der Waals surface area (Å²) in [4.78, 5) is 41.5. The van der Waals surface area contributed by atoms with Gasteiger partial charge in [0.2, 0.25) is 17.7 Å². The molecule has 1 aliphatic carbocycles. The molecule has 164 valence electrons. The van der Waals surface area contributed by atoms with Crippen molar-refractivity contribution in [2.24, 2.45) is 11.8 Å². The van der Waals surface area contributed by atoms with Crippen molar-refractivity contribution >= 4 is 39.1 Å². The van der Waals surface area contributed by atoms with Gasteiger partial charge in [-0.05, 0) is 31.9 Å². The van der Waals surface area contributed by atoms with Gasteiger partial charge in [0.1, 0.15) is 4.21 Å². The van der Waals surface area contributed by atoms with Crippen LogP contribution in [0.4, 0.5) is 0 Å². The molecule has 8 nitrogen and oxygen atoms in total. The highest BCUT2D eigenvalue weighted by Crippen LogP contribution is 2.38. The van der Waals surface area contributed by atoms with Crippen LogP contribution in [0, 0.1) is 18.8 Å². The van der Waals surface area contributed by atoms with Crippen molar-refractivity contribution in [3.8, 4) is 0 Å². The van der Waals surface area contributed by atoms with Gasteiger partial charge in [-0.3, -0.25) is 19.3 Å². The first-order valence-corrected chi connectivity index (χ1v) is 12.7. The van der Waals surface area contributed by atoms with E-state index in [1.54, 1.807) is 17.0 Å². The van der Waals surface area contributed by atoms with Crippen LogP contribution < -0.4 is 0 Å². The fourth-order valence-corrected chi connectivity index (χ4v) is 7.53. The Morgan fingerprint density at radius 3 is 2.17 bits per heavy atom. The molecule has 10 heteroatoms. The quantitative estimate of drug-likeness (QED) is 0.629. The summed E-state index contributed by atoms with van der Waals surface area (Å²) in [6, 6.07) is 3.41. The summed E-state index contributed by atoms with van der Waals surface area (Å²) in [5, 5.41) is 0. The van der Waals surface area contributed by atoms with Crippen molar-refractivity contribution in [3.63, 3.8) is 0 Å². The number of thiophene rings is 1. The molecule has 3 fully saturated rings. The number of piperazine rings is 1. The molecule has 0 aromatic carbocycles. The third-order valence-electron chi connectivity index (χ3n) is 6.38. The highest BCUT2D eigenvalue weighted by Gasteiger charge is 2.48. The molecule has 0 bridgehead atoms. The summed E-state index contributed by atoms with van der Waals surface area (Å²) in [6.45, 7) is 3.11. The number of likely N-dealkylation sites (tertiary alicyclic amines) is 1. The van der Waals surface area contributed by atoms with Gasteiger partial charge in [0, 0.05) is 44.0 Å². The van der Waals surface area contributed by atoms with E-state index < -0.39 is 10.0 Å². The molecule has 4 rings (SSSR count). The molecule has 1 aromatic heterocycles. The molecule has 3 amide bonds. The van der Waals surface area contributed by atoms with E-state index in [9.17, 15) is 22.8 Å². The highest BCUT2D eigenvalue weighted by molar-refractivity contribution is 7.91. The zero-order valence-electron chi connectivity index (χ0n) is 17.1. The number of carbonyl (C=O) groups is 3. The number of hydrogen-bond acceptors (Lipinski definition) is 6. The molecule has 0 spiro atoms. The minimum Gasteiger partial charge on any atom is -0.340 e. The lowest BCUT2D eigenvalue weighted by Gasteiger charge is -2.34. The van der Waals surface area contributed by atoms with Crippen molar-refractivity contribution in [2.45, 2.75) is 43.2 Å². The Labute approximate surface area is 180 Å². The van der Waals surface area contributed by atoms with Crippen LogP contribution in [-0.4, -0.2) is 73.0 Å². The first-order chi connectivity index (χ1) is 14.3. The Morgan fingerprint density at radius 2 is 1.63 bits per heavy atom. The lowest BCUT2D eigenvalue weighted by molar-refractivity contribution is -0.141. The predicted molar refractivity (Wildman–Crippen MR) is 111 cm³/mol. The maximum Gasteiger partial charge on any atom is 0.252 e. The number of fused-ring (bicyclic) bond motifs is 1. The summed E-state index contributed by atoms with van der Waals surface area (Å²) < 4.78 is 27.2. The number of sulfonamides is 1. The van der Waals surface area contributed by atoms with Gasteiger partial charge in [0.25, 0.3) is 10.0 Å². The zero-order chi connectivity index (χ0) is 21.5. The summed E-state index contributed by atoms with van der Waals surface area (Å²) >= 11 is 1.25. The minimum atomic E-state index is -3.53. The van der Waals surface area contributed by atoms with Gasteiger partial charge >= 0.3 is 0 Å². The average molecular weight is 454 g/mol. The van der Waals surface area contributed by atoms with E-state index in [1.807, 2.05) is 6.92 Å². The number of nitrogens with zero attached hydrogens (tertiary/aromatic N) is 3. The second-order valence-corrected chi connectivity index (χ2v) is 11.7. The van der Waals surface area contributed by atoms with Gasteiger partial charge in [0.15, 0.2) is 0 Å². The summed E-state index contributed by atoms with van der Waals surface area (Å²) in [5.74, 6) is -0.791. The van der Waals surface area contributed by atoms with E-state index in [0.29, 0.717) is 17.3 Å². The lowest BCUT2D eigenvalue weighted by atomic mass is 9.81. The van der Waals surface area contributed by atoms with Crippen LogP contribution in [0.2, 0.25) is 0 Å². The Balaban J connectivity index is 1.30. The third kappa shape index (κ3) is 3.92. The fraction of sp³-hybridized carbons (Fsp3) is 0.650. The molecule has 1 saturated carbocycles. The van der Waals surface area contributed by atoms with Gasteiger partial charge in [0.05, 0.1) is 11.8 Å². The van der Waals surface area contributed by atoms with E-state index in [1.165, 1.54) is 20.5 Å². The van der Waals surface area contributed by atoms with Crippen LogP contribution in [-0.2, 0) is 24.4 Å². The normalized spacial score (nSPS) is 25.6. The second-order valence-electron chi connectivity index (χ2n) is 8.23. The van der Waals surface area contributed by atoms with Gasteiger partial charge < -0.3 is 4.90 Å². The monoisotopic (exact) mass is 453 g/mol. The molecule has 2 aliphatic heterocycles. The summed E-state index contributed by atoms with van der Waals surface area (Å²) in [5.41, 5.74) is 0. The smallest absolute Gasteiger partial charge is 0.252 e. The van der Waals surface area contributed by atoms with Crippen LogP contribution in [0.25, 0.3) is 0 Å². The Kier molecular flexibility index (Phi) is 6.00. The summed E-state index contributed by atoms with van der Waals surface area (Å²) in [7, 11) is -3.53. The SMILES string of the molecule is Cc1ccc(S(=O)(=O)N2CCN(C(=O)CCN3C(=O)[C@@H]4CCCC[C@H]4C3=O)CC2)s1. The molecule has 30 heavy (non-hydrogen) atoms. The van der Waals surface area contributed by atoms with E-state index in [0.717, 1.165) is 30.6 Å². The maximum absolute atomic E-state index is 12.7. The van der Waals surface area contributed by atoms with Crippen molar-refractivity contribution in [3.05, 3.63) is 17.0 Å². The van der Waals surface area contributed by atoms with E-state index in [-0.39, 0.29) is 55.6 Å². The van der Waals surface area contributed by atoms with Gasteiger partial charge in [-0.25, -0.2) is 8.42 Å². The zero-order valence-corrected chi connectivity index (χ0v) is 18.7. The largest absolute Gasteiger partial charge is 0.340 e. The molecule has 2 atom stereocenters. The van der Waals surface area contributed by atoms with Crippen molar-refractivity contribution in [1.29, 1.82) is 0 Å². The third-order valence-corrected chi connectivity index (χ3v) is 9.75. The van der Waals surface area contributed by atoms with Gasteiger partial charge in [-0.2, -0.15) is 4.31 Å². The fourth-order valence-electron chi connectivity index (χ4n) is 4.67. The van der Waals surface area contributed by atoms with E-state index >= 15 is 0 Å². The van der Waals surface area contributed by atoms with Crippen molar-refractivity contribution in [2.75, 3.05) is 32.7 Å². The standard InChI is InChI=1S/C20H27N3O5S2/c1-14-6-7-18(29-14)30(27,28)22-12-10-21(11-13-22)17(24)8-9-23-19(25)15-4-2-3-5-16(15)20(23)26/h6-7,15-16H,2-5,8-13H2,1H3/t15-,16-/m1/s1. The number of imide groups is 1. The number of aryl methyl sites for hydroxylation is 1. The Bertz CT molecular complexity index is 925. The molecular formula is C20H27N3O5S2. The molecule has 3 heterocycles. The lowest BCUT2D eigenvalue weighted by Crippen LogP contribution is -2.50. The first-order valence-electron chi connectivity index (χ1n) is 10.5. The molecule has 0 radical (unpaired) electrons. The molecular weight excluding hydrogens is 426 g/mol. The second kappa shape index (κ2) is 8.39. The number of carbonyl (C=O) groups excluding carboxylic acids is 3. The van der Waals surface area contributed by atoms with Crippen LogP contribution in [0.3, 0.4) is 0 Å². The Morgan fingerprint density at radius 1 is 1.03 bits per heavy atom. The molecule has 0 N–H and O–H groups in total. The van der Waals surface area contributed by atoms with Crippen LogP contribution >= 0.6 is 11.3 Å². The Hall–Kier alpha value is -1.78. The van der Waals surface area contributed by atoms with Crippen LogP contribution in [0.1, 0.15) is 37.0 Å². The van der Waals surface area contributed by atoms with Crippen molar-refractivity contribution < 1.29 is 22.8 Å². The van der Waals surface area contributed by atoms with Gasteiger partial charge in [-0.1, -0.05) is 12.8 Å². The van der Waals surface area contributed by atoms with E-state index in [4.69, 9.17) is 0 Å². The molecule has 1 aromatic rings. The van der Waals surface area contributed by atoms with E-state index in [2.05, 4.69) is 0 Å². The van der Waals surface area contributed by atoms with Crippen LogP contribution in [0.5, 0.6) is 0 Å². The molecule has 2 saturated heterocycles.